The van der Waals surface area contributed by atoms with Gasteiger partial charge in [0.1, 0.15) is 0 Å². The molecule has 5 nitrogen and oxygen atoms in total. The van der Waals surface area contributed by atoms with Crippen LogP contribution >= 0.6 is 15.9 Å². The maximum atomic E-state index is 11.3. The van der Waals surface area contributed by atoms with Crippen LogP contribution in [0.4, 0.5) is 0 Å². The summed E-state index contributed by atoms with van der Waals surface area (Å²) in [5.74, 6) is -0.666. The van der Waals surface area contributed by atoms with Gasteiger partial charge >= 0.3 is 0 Å². The number of carbonyl (C=O) groups excluding carboxylic acids is 1. The average molecular weight is 338 g/mol. The number of aliphatic hydroxyl groups is 1. The van der Waals surface area contributed by atoms with E-state index in [2.05, 4.69) is 22.0 Å². The van der Waals surface area contributed by atoms with Gasteiger partial charge in [-0.15, -0.1) is 0 Å². The minimum absolute atomic E-state index is 0.245. The van der Waals surface area contributed by atoms with Gasteiger partial charge in [0.2, 0.25) is 0 Å². The van der Waals surface area contributed by atoms with E-state index in [0.29, 0.717) is 18.5 Å². The molecule has 106 valence electrons. The molecule has 1 aromatic rings. The zero-order chi connectivity index (χ0) is 14.8. The number of nitrogens with two attached hydrogens (primary N) is 1. The summed E-state index contributed by atoms with van der Waals surface area (Å²) in [5.41, 5.74) is 5.43. The Bertz CT molecular complexity index is 570. The van der Waals surface area contributed by atoms with Crippen molar-refractivity contribution in [2.75, 3.05) is 13.1 Å². The second-order valence-corrected chi connectivity index (χ2v) is 5.98. The first-order valence-corrected chi connectivity index (χ1v) is 7.17. The molecule has 1 amide bonds. The lowest BCUT2D eigenvalue weighted by Crippen LogP contribution is -2.55. The lowest BCUT2D eigenvalue weighted by atomic mass is 9.92. The van der Waals surface area contributed by atoms with Gasteiger partial charge in [0.25, 0.3) is 5.91 Å². The van der Waals surface area contributed by atoms with E-state index in [1.165, 1.54) is 0 Å². The minimum Gasteiger partial charge on any atom is -0.379 e. The third kappa shape index (κ3) is 3.18. The predicted octanol–water partition coefficient (Wildman–Crippen LogP) is 1.13. The van der Waals surface area contributed by atoms with Crippen molar-refractivity contribution in [3.05, 3.63) is 33.8 Å². The van der Waals surface area contributed by atoms with E-state index in [9.17, 15) is 9.90 Å². The van der Waals surface area contributed by atoms with Crippen LogP contribution < -0.4 is 5.73 Å². The fraction of sp³-hybridized carbons (Fsp3) is 0.429. The topological polar surface area (TPSA) is 90.3 Å². The molecule has 0 bridgehead atoms. The normalized spacial score (nSPS) is 23.2. The monoisotopic (exact) mass is 337 g/mol. The Balaban J connectivity index is 2.11. The molecule has 0 saturated carbocycles. The number of benzene rings is 1. The van der Waals surface area contributed by atoms with Crippen molar-refractivity contribution in [2.45, 2.75) is 25.0 Å². The van der Waals surface area contributed by atoms with Gasteiger partial charge in [-0.3, -0.25) is 9.69 Å². The Labute approximate surface area is 126 Å². The molecular weight excluding hydrogens is 322 g/mol. The van der Waals surface area contributed by atoms with Gasteiger partial charge in [-0.25, -0.2) is 0 Å². The first-order chi connectivity index (χ1) is 9.44. The molecular formula is C14H16BrN3O2. The fourth-order valence-corrected chi connectivity index (χ4v) is 2.95. The van der Waals surface area contributed by atoms with Crippen molar-refractivity contribution in [1.29, 1.82) is 5.26 Å². The number of likely N-dealkylation sites (tertiary alicyclic amines) is 1. The molecule has 1 aromatic carbocycles. The number of nitrogens with zero attached hydrogens (tertiary/aromatic N) is 2. The molecule has 1 fully saturated rings. The number of rotatable bonds is 3. The lowest BCUT2D eigenvalue weighted by molar-refractivity contribution is -0.142. The highest BCUT2D eigenvalue weighted by Crippen LogP contribution is 2.25. The number of amides is 1. The van der Waals surface area contributed by atoms with E-state index in [4.69, 9.17) is 11.0 Å². The Kier molecular flexibility index (Phi) is 4.43. The Morgan fingerprint density at radius 1 is 1.60 bits per heavy atom. The van der Waals surface area contributed by atoms with Crippen LogP contribution in [0.5, 0.6) is 0 Å². The van der Waals surface area contributed by atoms with E-state index in [1.807, 2.05) is 11.0 Å². The van der Waals surface area contributed by atoms with E-state index in [1.54, 1.807) is 12.1 Å². The second-order valence-electron chi connectivity index (χ2n) is 5.13. The van der Waals surface area contributed by atoms with Crippen LogP contribution in [0.25, 0.3) is 0 Å². The molecule has 1 atom stereocenters. The maximum absolute atomic E-state index is 11.3. The van der Waals surface area contributed by atoms with Crippen LogP contribution in [-0.4, -0.2) is 34.6 Å². The van der Waals surface area contributed by atoms with Crippen molar-refractivity contribution >= 4 is 21.8 Å². The SMILES string of the molecule is N#Cc1ccc(CN2CCC[C@](O)(C(N)=O)C2)c(Br)c1. The van der Waals surface area contributed by atoms with Crippen molar-refractivity contribution < 1.29 is 9.90 Å². The molecule has 20 heavy (non-hydrogen) atoms. The summed E-state index contributed by atoms with van der Waals surface area (Å²) in [7, 11) is 0. The number of hydrogen-bond donors (Lipinski definition) is 2. The highest BCUT2D eigenvalue weighted by atomic mass is 79.9. The van der Waals surface area contributed by atoms with Crippen molar-refractivity contribution in [2.24, 2.45) is 5.73 Å². The number of halogens is 1. The van der Waals surface area contributed by atoms with Crippen molar-refractivity contribution in [3.63, 3.8) is 0 Å². The van der Waals surface area contributed by atoms with Gasteiger partial charge in [-0.2, -0.15) is 5.26 Å². The van der Waals surface area contributed by atoms with Crippen LogP contribution in [0.1, 0.15) is 24.0 Å². The van der Waals surface area contributed by atoms with Crippen LogP contribution in [0.15, 0.2) is 22.7 Å². The summed E-state index contributed by atoms with van der Waals surface area (Å²) in [6.07, 6.45) is 1.14. The number of carbonyl (C=O) groups is 1. The Morgan fingerprint density at radius 2 is 2.35 bits per heavy atom. The van der Waals surface area contributed by atoms with Gasteiger partial charge in [-0.05, 0) is 37.1 Å². The number of primary amides is 1. The zero-order valence-electron chi connectivity index (χ0n) is 11.0. The Morgan fingerprint density at radius 3 is 2.95 bits per heavy atom. The molecule has 2 rings (SSSR count). The number of hydrogen-bond acceptors (Lipinski definition) is 4. The quantitative estimate of drug-likeness (QED) is 0.865. The smallest absolute Gasteiger partial charge is 0.250 e. The molecule has 1 aliphatic rings. The maximum Gasteiger partial charge on any atom is 0.250 e. The van der Waals surface area contributed by atoms with Gasteiger partial charge in [0, 0.05) is 17.6 Å². The highest BCUT2D eigenvalue weighted by Gasteiger charge is 2.38. The standard InChI is InChI=1S/C14H16BrN3O2/c15-12-6-10(7-16)2-3-11(12)8-18-5-1-4-14(20,9-18)13(17)19/h2-3,6,20H,1,4-5,8-9H2,(H2,17,19)/t14-/m1/s1. The molecule has 0 radical (unpaired) electrons. The van der Waals surface area contributed by atoms with Crippen LogP contribution in [0.2, 0.25) is 0 Å². The van der Waals surface area contributed by atoms with Crippen LogP contribution in [0.3, 0.4) is 0 Å². The highest BCUT2D eigenvalue weighted by molar-refractivity contribution is 9.10. The number of piperidine rings is 1. The van der Waals surface area contributed by atoms with Crippen LogP contribution in [0, 0.1) is 11.3 Å². The predicted molar refractivity (Wildman–Crippen MR) is 77.5 cm³/mol. The largest absolute Gasteiger partial charge is 0.379 e. The fourth-order valence-electron chi connectivity index (χ4n) is 2.45. The van der Waals surface area contributed by atoms with Crippen molar-refractivity contribution in [3.8, 4) is 6.07 Å². The summed E-state index contributed by atoms with van der Waals surface area (Å²) < 4.78 is 0.852. The summed E-state index contributed by atoms with van der Waals surface area (Å²) in [6.45, 7) is 1.65. The molecule has 1 saturated heterocycles. The molecule has 0 aromatic heterocycles. The van der Waals surface area contributed by atoms with Gasteiger partial charge in [0.15, 0.2) is 5.60 Å². The van der Waals surface area contributed by atoms with Crippen LogP contribution in [-0.2, 0) is 11.3 Å². The molecule has 0 aliphatic carbocycles. The summed E-state index contributed by atoms with van der Waals surface area (Å²) in [4.78, 5) is 13.3. The number of nitriles is 1. The first kappa shape index (κ1) is 15.0. The summed E-state index contributed by atoms with van der Waals surface area (Å²) in [5, 5.41) is 19.0. The lowest BCUT2D eigenvalue weighted by Gasteiger charge is -2.37. The van der Waals surface area contributed by atoms with E-state index in [0.717, 1.165) is 23.0 Å². The molecule has 1 aliphatic heterocycles. The molecule has 0 unspecified atom stereocenters. The Hall–Kier alpha value is -1.42. The summed E-state index contributed by atoms with van der Waals surface area (Å²) >= 11 is 3.44. The molecule has 1 heterocycles. The number of β-amino-alcohol motifs (C(OH)–C–C–N with tert-alkyl or cyclic N) is 1. The molecule has 0 spiro atoms. The van der Waals surface area contributed by atoms with Gasteiger partial charge in [-0.1, -0.05) is 22.0 Å². The molecule has 6 heteroatoms. The van der Waals surface area contributed by atoms with E-state index >= 15 is 0 Å². The first-order valence-electron chi connectivity index (χ1n) is 6.38. The molecule has 3 N–H and O–H groups in total. The van der Waals surface area contributed by atoms with Gasteiger partial charge < -0.3 is 10.8 Å². The average Bonchev–Trinajstić information content (AvgIpc) is 2.41. The third-order valence-electron chi connectivity index (χ3n) is 3.58. The van der Waals surface area contributed by atoms with Crippen molar-refractivity contribution in [1.82, 2.24) is 4.90 Å². The van der Waals surface area contributed by atoms with Gasteiger partial charge in [0.05, 0.1) is 11.6 Å². The zero-order valence-corrected chi connectivity index (χ0v) is 12.6. The third-order valence-corrected chi connectivity index (χ3v) is 4.32. The van der Waals surface area contributed by atoms with E-state index in [-0.39, 0.29) is 6.54 Å². The summed E-state index contributed by atoms with van der Waals surface area (Å²) in [6, 6.07) is 7.48. The minimum atomic E-state index is -1.43. The van der Waals surface area contributed by atoms with E-state index < -0.39 is 11.5 Å². The second kappa shape index (κ2) is 5.92.